The van der Waals surface area contributed by atoms with Crippen LogP contribution in [0, 0.1) is 23.7 Å². The molecule has 0 bridgehead atoms. The minimum absolute atomic E-state index is 0.0832. The number of hydrogen-bond acceptors (Lipinski definition) is 5. The monoisotopic (exact) mass is 402 g/mol. The van der Waals surface area contributed by atoms with E-state index in [2.05, 4.69) is 41.5 Å². The molecule has 0 radical (unpaired) electrons. The summed E-state index contributed by atoms with van der Waals surface area (Å²) in [6.45, 7) is 21.3. The van der Waals surface area contributed by atoms with Crippen molar-refractivity contribution in [2.24, 2.45) is 23.7 Å². The topological polar surface area (TPSA) is 68.2 Å². The maximum absolute atomic E-state index is 10.2. The summed E-state index contributed by atoms with van der Waals surface area (Å²) in [5.74, 6) is 1.31. The van der Waals surface area contributed by atoms with Crippen molar-refractivity contribution in [3.8, 4) is 0 Å². The fourth-order valence-electron chi connectivity index (χ4n) is 3.88. The van der Waals surface area contributed by atoms with Gasteiger partial charge in [-0.25, -0.2) is 0 Å². The molecule has 1 heterocycles. The molecule has 2 N–H and O–H groups in total. The number of aliphatic hydroxyl groups is 2. The molecule has 0 aromatic rings. The molecule has 1 fully saturated rings. The first-order chi connectivity index (χ1) is 12.5. The Kier molecular flexibility index (Phi) is 8.99. The molecule has 0 aromatic heterocycles. The highest BCUT2D eigenvalue weighted by Gasteiger charge is 2.49. The molecule has 168 valence electrons. The van der Waals surface area contributed by atoms with Crippen molar-refractivity contribution in [2.75, 3.05) is 19.8 Å². The summed E-state index contributed by atoms with van der Waals surface area (Å²) < 4.78 is 18.8. The zero-order valence-electron chi connectivity index (χ0n) is 19.9. The smallest absolute Gasteiger partial charge is 0.0896 e. The summed E-state index contributed by atoms with van der Waals surface area (Å²) in [5, 5.41) is 20.3. The van der Waals surface area contributed by atoms with Crippen molar-refractivity contribution >= 4 is 0 Å². The Morgan fingerprint density at radius 2 is 1.46 bits per heavy atom. The van der Waals surface area contributed by atoms with Crippen LogP contribution in [0.25, 0.3) is 0 Å². The van der Waals surface area contributed by atoms with Crippen LogP contribution < -0.4 is 0 Å². The van der Waals surface area contributed by atoms with Crippen LogP contribution in [0.4, 0.5) is 0 Å². The number of hydrogen-bond donors (Lipinski definition) is 2. The summed E-state index contributed by atoms with van der Waals surface area (Å²) >= 11 is 0. The first-order valence-corrected chi connectivity index (χ1v) is 10.9. The molecule has 0 saturated carbocycles. The van der Waals surface area contributed by atoms with Crippen LogP contribution in [0.15, 0.2) is 0 Å². The van der Waals surface area contributed by atoms with Gasteiger partial charge < -0.3 is 24.4 Å². The molecule has 1 aliphatic rings. The van der Waals surface area contributed by atoms with Crippen LogP contribution in [0.1, 0.15) is 75.7 Å². The van der Waals surface area contributed by atoms with Gasteiger partial charge in [-0.15, -0.1) is 0 Å². The molecule has 5 nitrogen and oxygen atoms in total. The Morgan fingerprint density at radius 1 is 0.929 bits per heavy atom. The van der Waals surface area contributed by atoms with E-state index in [1.54, 1.807) is 27.7 Å². The zero-order valence-corrected chi connectivity index (χ0v) is 19.9. The fraction of sp³-hybridized carbons (Fsp3) is 1.00. The van der Waals surface area contributed by atoms with Crippen LogP contribution in [0.5, 0.6) is 0 Å². The summed E-state index contributed by atoms with van der Waals surface area (Å²) in [6, 6.07) is 0. The van der Waals surface area contributed by atoms with E-state index in [-0.39, 0.29) is 37.3 Å². The molecule has 0 amide bonds. The quantitative estimate of drug-likeness (QED) is 0.546. The molecule has 1 rings (SSSR count). The van der Waals surface area contributed by atoms with Gasteiger partial charge in [0, 0.05) is 11.8 Å². The summed E-state index contributed by atoms with van der Waals surface area (Å²) in [7, 11) is 0. The van der Waals surface area contributed by atoms with Gasteiger partial charge in [-0.3, -0.25) is 0 Å². The van der Waals surface area contributed by atoms with Gasteiger partial charge in [-0.1, -0.05) is 27.7 Å². The summed E-state index contributed by atoms with van der Waals surface area (Å²) in [5.41, 5.74) is -2.24. The van der Waals surface area contributed by atoms with Gasteiger partial charge in [0.2, 0.25) is 0 Å². The second-order valence-electron chi connectivity index (χ2n) is 11.2. The van der Waals surface area contributed by atoms with E-state index in [4.69, 9.17) is 14.2 Å². The predicted octanol–water partition coefficient (Wildman–Crippen LogP) is 4.04. The Balaban J connectivity index is 3.11. The fourth-order valence-corrected chi connectivity index (χ4v) is 3.88. The molecular weight excluding hydrogens is 356 g/mol. The van der Waals surface area contributed by atoms with Crippen molar-refractivity contribution in [3.05, 3.63) is 0 Å². The normalized spacial score (nSPS) is 25.7. The van der Waals surface area contributed by atoms with Crippen molar-refractivity contribution in [2.45, 2.75) is 105 Å². The number of ether oxygens (including phenoxy) is 3. The van der Waals surface area contributed by atoms with Gasteiger partial charge in [0.15, 0.2) is 0 Å². The maximum Gasteiger partial charge on any atom is 0.0896 e. The van der Waals surface area contributed by atoms with Crippen molar-refractivity contribution in [3.63, 3.8) is 0 Å². The molecular formula is C23H46O5. The van der Waals surface area contributed by atoms with Crippen molar-refractivity contribution in [1.82, 2.24) is 0 Å². The van der Waals surface area contributed by atoms with E-state index in [0.29, 0.717) is 18.4 Å². The first kappa shape index (κ1) is 25.8. The average molecular weight is 403 g/mol. The Bertz CT molecular complexity index is 459. The highest BCUT2D eigenvalue weighted by Crippen LogP contribution is 2.41. The minimum Gasteiger partial charge on any atom is -0.388 e. The molecule has 4 atom stereocenters. The third-order valence-corrected chi connectivity index (χ3v) is 5.52. The van der Waals surface area contributed by atoms with Crippen LogP contribution >= 0.6 is 0 Å². The third-order valence-electron chi connectivity index (χ3n) is 5.52. The number of rotatable bonds is 11. The highest BCUT2D eigenvalue weighted by molar-refractivity contribution is 4.97. The summed E-state index contributed by atoms with van der Waals surface area (Å²) in [4.78, 5) is 0. The molecule has 0 aliphatic carbocycles. The molecule has 0 spiro atoms. The molecule has 28 heavy (non-hydrogen) atoms. The van der Waals surface area contributed by atoms with Crippen LogP contribution in [-0.4, -0.2) is 59.0 Å². The highest BCUT2D eigenvalue weighted by atomic mass is 16.6. The van der Waals surface area contributed by atoms with Crippen LogP contribution in [0.2, 0.25) is 0 Å². The van der Waals surface area contributed by atoms with Crippen LogP contribution in [-0.2, 0) is 14.2 Å². The molecule has 5 heteroatoms. The van der Waals surface area contributed by atoms with E-state index < -0.39 is 16.8 Å². The zero-order chi connectivity index (χ0) is 21.9. The standard InChI is InChI=1S/C23H46O5/c1-15(2)11-18(23(9,10)28-14-22(7,8)25)20-19(27-13-21(5,6)24)17(12-26-20)16(3)4/h15-20,24-25H,11-14H2,1-10H3/t17?,18?,19-,20?/m0/s1. The molecule has 1 saturated heterocycles. The van der Waals surface area contributed by atoms with E-state index in [1.807, 2.05) is 0 Å². The lowest BCUT2D eigenvalue weighted by Gasteiger charge is -2.42. The lowest BCUT2D eigenvalue weighted by Crippen LogP contribution is -2.50. The molecule has 1 aliphatic heterocycles. The lowest BCUT2D eigenvalue weighted by atomic mass is 9.76. The van der Waals surface area contributed by atoms with E-state index in [0.717, 1.165) is 6.42 Å². The first-order valence-electron chi connectivity index (χ1n) is 10.9. The van der Waals surface area contributed by atoms with Gasteiger partial charge >= 0.3 is 0 Å². The Labute approximate surface area is 173 Å². The third kappa shape index (κ3) is 8.27. The Morgan fingerprint density at radius 3 is 1.89 bits per heavy atom. The minimum atomic E-state index is -0.881. The van der Waals surface area contributed by atoms with Crippen molar-refractivity contribution in [1.29, 1.82) is 0 Å². The lowest BCUT2D eigenvalue weighted by molar-refractivity contribution is -0.163. The maximum atomic E-state index is 10.2. The van der Waals surface area contributed by atoms with Gasteiger partial charge in [0.1, 0.15) is 0 Å². The van der Waals surface area contributed by atoms with Gasteiger partial charge in [-0.2, -0.15) is 0 Å². The summed E-state index contributed by atoms with van der Waals surface area (Å²) in [6.07, 6.45) is 0.755. The SMILES string of the molecule is CC(C)CC(C1OCC(C(C)C)[C@@H]1OCC(C)(C)O)C(C)(C)OCC(C)(C)O. The average Bonchev–Trinajstić information content (AvgIpc) is 2.90. The Hall–Kier alpha value is -0.200. The van der Waals surface area contributed by atoms with Gasteiger partial charge in [0.05, 0.1) is 48.8 Å². The second-order valence-corrected chi connectivity index (χ2v) is 11.2. The second kappa shape index (κ2) is 9.74. The van der Waals surface area contributed by atoms with E-state index in [9.17, 15) is 10.2 Å². The van der Waals surface area contributed by atoms with Gasteiger partial charge in [0.25, 0.3) is 0 Å². The molecule has 3 unspecified atom stereocenters. The van der Waals surface area contributed by atoms with Gasteiger partial charge in [-0.05, 0) is 59.8 Å². The molecule has 0 aromatic carbocycles. The largest absolute Gasteiger partial charge is 0.388 e. The van der Waals surface area contributed by atoms with E-state index >= 15 is 0 Å². The van der Waals surface area contributed by atoms with E-state index in [1.165, 1.54) is 0 Å². The van der Waals surface area contributed by atoms with Crippen LogP contribution in [0.3, 0.4) is 0 Å². The van der Waals surface area contributed by atoms with Crippen molar-refractivity contribution < 1.29 is 24.4 Å². The predicted molar refractivity (Wildman–Crippen MR) is 113 cm³/mol.